The maximum Gasteiger partial charge on any atom is 0.326 e. The molecule has 0 aliphatic rings. The quantitative estimate of drug-likeness (QED) is 0.799. The summed E-state index contributed by atoms with van der Waals surface area (Å²) in [6.45, 7) is 2.48. The average molecular weight is 277 g/mol. The fourth-order valence-electron chi connectivity index (χ4n) is 2.08. The lowest BCUT2D eigenvalue weighted by molar-refractivity contribution is 0.629. The van der Waals surface area contributed by atoms with Gasteiger partial charge in [-0.05, 0) is 25.1 Å². The summed E-state index contributed by atoms with van der Waals surface area (Å²) in [5, 5.41) is 2.99. The second-order valence-electron chi connectivity index (χ2n) is 4.38. The van der Waals surface area contributed by atoms with E-state index in [1.54, 1.807) is 22.0 Å². The van der Waals surface area contributed by atoms with Gasteiger partial charge in [0.15, 0.2) is 0 Å². The number of benzene rings is 1. The molecule has 0 atom stereocenters. The van der Waals surface area contributed by atoms with E-state index in [0.717, 1.165) is 16.2 Å². The zero-order chi connectivity index (χ0) is 13.4. The predicted octanol–water partition coefficient (Wildman–Crippen LogP) is 2.48. The number of H-pyrrole nitrogens is 1. The summed E-state index contributed by atoms with van der Waals surface area (Å²) in [5.41, 5.74) is 2.03. The number of hydrogen-bond acceptors (Lipinski definition) is 3. The molecule has 3 aromatic rings. The fourth-order valence-corrected chi connectivity index (χ4v) is 2.85. The van der Waals surface area contributed by atoms with E-state index in [1.807, 2.05) is 12.3 Å². The first-order valence-corrected chi connectivity index (χ1v) is 6.80. The van der Waals surface area contributed by atoms with Crippen molar-refractivity contribution >= 4 is 22.4 Å². The maximum absolute atomic E-state index is 13.1. The molecule has 4 nitrogen and oxygen atoms in total. The summed E-state index contributed by atoms with van der Waals surface area (Å²) in [7, 11) is 0. The standard InChI is InChI=1S/C13H12FN3OS/c1-8-7-19-12(15-8)4-5-17-11-3-2-9(14)6-10(11)16-13(17)18/h2-3,6-7H,4-5H2,1H3,(H,16,18). The molecule has 6 heteroatoms. The van der Waals surface area contributed by atoms with Crippen LogP contribution in [0.5, 0.6) is 0 Å². The van der Waals surface area contributed by atoms with Gasteiger partial charge in [-0.2, -0.15) is 0 Å². The van der Waals surface area contributed by atoms with Crippen LogP contribution in [0.25, 0.3) is 11.0 Å². The largest absolute Gasteiger partial charge is 0.326 e. The molecule has 19 heavy (non-hydrogen) atoms. The van der Waals surface area contributed by atoms with Crippen LogP contribution in [0.15, 0.2) is 28.4 Å². The van der Waals surface area contributed by atoms with E-state index >= 15 is 0 Å². The number of halogens is 1. The molecular formula is C13H12FN3OS. The molecular weight excluding hydrogens is 265 g/mol. The van der Waals surface area contributed by atoms with E-state index in [2.05, 4.69) is 9.97 Å². The number of nitrogens with zero attached hydrogens (tertiary/aromatic N) is 2. The average Bonchev–Trinajstić information content (AvgIpc) is 2.89. The molecule has 3 rings (SSSR count). The predicted molar refractivity (Wildman–Crippen MR) is 73.1 cm³/mol. The van der Waals surface area contributed by atoms with E-state index in [-0.39, 0.29) is 11.5 Å². The SMILES string of the molecule is Cc1csc(CCn2c(=O)[nH]c3cc(F)ccc32)n1. The molecule has 2 aromatic heterocycles. The van der Waals surface area contributed by atoms with Crippen molar-refractivity contribution in [2.75, 3.05) is 0 Å². The zero-order valence-electron chi connectivity index (χ0n) is 10.3. The van der Waals surface area contributed by atoms with Crippen molar-refractivity contribution in [1.82, 2.24) is 14.5 Å². The first kappa shape index (κ1) is 12.1. The van der Waals surface area contributed by atoms with Crippen LogP contribution in [-0.4, -0.2) is 14.5 Å². The van der Waals surface area contributed by atoms with Crippen LogP contribution in [0.3, 0.4) is 0 Å². The molecule has 0 saturated carbocycles. The Hall–Kier alpha value is -1.95. The van der Waals surface area contributed by atoms with Crippen LogP contribution >= 0.6 is 11.3 Å². The number of fused-ring (bicyclic) bond motifs is 1. The Bertz CT molecular complexity index is 787. The summed E-state index contributed by atoms with van der Waals surface area (Å²) < 4.78 is 14.7. The van der Waals surface area contributed by atoms with E-state index in [1.165, 1.54) is 12.1 Å². The van der Waals surface area contributed by atoms with Gasteiger partial charge in [-0.15, -0.1) is 11.3 Å². The van der Waals surface area contributed by atoms with E-state index < -0.39 is 0 Å². The lowest BCUT2D eigenvalue weighted by Crippen LogP contribution is -2.17. The highest BCUT2D eigenvalue weighted by Crippen LogP contribution is 2.14. The van der Waals surface area contributed by atoms with Gasteiger partial charge < -0.3 is 4.98 Å². The van der Waals surface area contributed by atoms with E-state index in [9.17, 15) is 9.18 Å². The van der Waals surface area contributed by atoms with Crippen LogP contribution in [0.2, 0.25) is 0 Å². The summed E-state index contributed by atoms with van der Waals surface area (Å²) in [6, 6.07) is 4.32. The maximum atomic E-state index is 13.1. The van der Waals surface area contributed by atoms with Crippen LogP contribution < -0.4 is 5.69 Å². The Morgan fingerprint density at radius 1 is 1.47 bits per heavy atom. The van der Waals surface area contributed by atoms with Gasteiger partial charge in [-0.1, -0.05) is 0 Å². The third-order valence-electron chi connectivity index (χ3n) is 2.95. The molecule has 0 amide bonds. The van der Waals surface area contributed by atoms with Crippen molar-refractivity contribution in [3.63, 3.8) is 0 Å². The third-order valence-corrected chi connectivity index (χ3v) is 3.98. The topological polar surface area (TPSA) is 50.7 Å². The second kappa shape index (κ2) is 4.62. The Balaban J connectivity index is 1.92. The Morgan fingerprint density at radius 3 is 3.05 bits per heavy atom. The van der Waals surface area contributed by atoms with Gasteiger partial charge in [0.1, 0.15) is 5.82 Å². The number of aromatic nitrogens is 3. The number of rotatable bonds is 3. The first-order chi connectivity index (χ1) is 9.13. The minimum absolute atomic E-state index is 0.214. The van der Waals surface area contributed by atoms with Crippen LogP contribution in [0, 0.1) is 12.7 Å². The number of hydrogen-bond donors (Lipinski definition) is 1. The van der Waals surface area contributed by atoms with Gasteiger partial charge in [-0.3, -0.25) is 4.57 Å². The van der Waals surface area contributed by atoms with Crippen molar-refractivity contribution in [3.05, 3.63) is 50.6 Å². The molecule has 0 unspecified atom stereocenters. The molecule has 1 aromatic carbocycles. The van der Waals surface area contributed by atoms with Gasteiger partial charge in [0.25, 0.3) is 0 Å². The summed E-state index contributed by atoms with van der Waals surface area (Å²) in [4.78, 5) is 18.9. The van der Waals surface area contributed by atoms with Crippen molar-refractivity contribution in [2.24, 2.45) is 0 Å². The Kier molecular flexibility index (Phi) is 2.94. The van der Waals surface area contributed by atoms with Crippen molar-refractivity contribution in [2.45, 2.75) is 19.9 Å². The normalized spacial score (nSPS) is 11.3. The Labute approximate surface area is 112 Å². The molecule has 0 aliphatic carbocycles. The van der Waals surface area contributed by atoms with Gasteiger partial charge in [0, 0.05) is 24.0 Å². The van der Waals surface area contributed by atoms with Crippen molar-refractivity contribution in [3.8, 4) is 0 Å². The van der Waals surface area contributed by atoms with Gasteiger partial charge in [-0.25, -0.2) is 14.2 Å². The monoisotopic (exact) mass is 277 g/mol. The van der Waals surface area contributed by atoms with Crippen molar-refractivity contribution < 1.29 is 4.39 Å². The highest BCUT2D eigenvalue weighted by molar-refractivity contribution is 7.09. The number of nitrogens with one attached hydrogen (secondary N) is 1. The Morgan fingerprint density at radius 2 is 2.32 bits per heavy atom. The molecule has 2 heterocycles. The molecule has 0 radical (unpaired) electrons. The fraction of sp³-hybridized carbons (Fsp3) is 0.231. The number of aryl methyl sites for hydroxylation is 3. The van der Waals surface area contributed by atoms with E-state index in [4.69, 9.17) is 0 Å². The minimum Gasteiger partial charge on any atom is -0.305 e. The summed E-state index contributed by atoms with van der Waals surface area (Å²) in [5.74, 6) is -0.351. The molecule has 1 N–H and O–H groups in total. The zero-order valence-corrected chi connectivity index (χ0v) is 11.1. The minimum atomic E-state index is -0.351. The highest BCUT2D eigenvalue weighted by atomic mass is 32.1. The lowest BCUT2D eigenvalue weighted by atomic mass is 10.3. The van der Waals surface area contributed by atoms with Crippen molar-refractivity contribution in [1.29, 1.82) is 0 Å². The van der Waals surface area contributed by atoms with Gasteiger partial charge in [0.05, 0.1) is 16.0 Å². The second-order valence-corrected chi connectivity index (χ2v) is 5.32. The van der Waals surface area contributed by atoms with Crippen LogP contribution in [0.4, 0.5) is 4.39 Å². The number of thiazole rings is 1. The molecule has 98 valence electrons. The number of imidazole rings is 1. The van der Waals surface area contributed by atoms with Gasteiger partial charge in [0.2, 0.25) is 0 Å². The molecule has 0 bridgehead atoms. The molecule has 0 saturated heterocycles. The van der Waals surface area contributed by atoms with Gasteiger partial charge >= 0.3 is 5.69 Å². The molecule has 0 aliphatic heterocycles. The molecule has 0 fully saturated rings. The summed E-state index contributed by atoms with van der Waals surface area (Å²) >= 11 is 1.59. The number of aromatic amines is 1. The smallest absolute Gasteiger partial charge is 0.305 e. The van der Waals surface area contributed by atoms with Crippen LogP contribution in [0.1, 0.15) is 10.7 Å². The highest BCUT2D eigenvalue weighted by Gasteiger charge is 2.08. The lowest BCUT2D eigenvalue weighted by Gasteiger charge is -2.01. The summed E-state index contributed by atoms with van der Waals surface area (Å²) in [6.07, 6.45) is 0.697. The molecule has 0 spiro atoms. The first-order valence-electron chi connectivity index (χ1n) is 5.92. The van der Waals surface area contributed by atoms with Crippen LogP contribution in [-0.2, 0) is 13.0 Å². The third kappa shape index (κ3) is 2.31. The van der Waals surface area contributed by atoms with E-state index in [0.29, 0.717) is 18.5 Å².